The number of nitrogens with one attached hydrogen (secondary N) is 3. The molecule has 164 valence electrons. The van der Waals surface area contributed by atoms with Crippen molar-refractivity contribution < 1.29 is 9.59 Å². The molecule has 3 amide bonds. The van der Waals surface area contributed by atoms with Crippen molar-refractivity contribution >= 4 is 41.9 Å². The van der Waals surface area contributed by atoms with E-state index >= 15 is 0 Å². The molecule has 1 aromatic rings. The van der Waals surface area contributed by atoms with E-state index in [9.17, 15) is 9.59 Å². The van der Waals surface area contributed by atoms with Gasteiger partial charge in [0, 0.05) is 32.1 Å². The number of hydrogen-bond acceptors (Lipinski definition) is 3. The lowest BCUT2D eigenvalue weighted by molar-refractivity contribution is -0.125. The first-order valence-corrected chi connectivity index (χ1v) is 10.8. The lowest BCUT2D eigenvalue weighted by Crippen LogP contribution is -2.55. The Morgan fingerprint density at radius 2 is 1.97 bits per heavy atom. The molecular formula is C22H32IN5O2. The fraction of sp³-hybridized carbons (Fsp3) is 0.591. The van der Waals surface area contributed by atoms with E-state index in [4.69, 9.17) is 4.99 Å². The molecule has 0 saturated carbocycles. The van der Waals surface area contributed by atoms with Gasteiger partial charge in [-0.25, -0.2) is 4.79 Å². The number of piperidine rings is 1. The summed E-state index contributed by atoms with van der Waals surface area (Å²) >= 11 is 0. The Hall–Kier alpha value is -1.84. The van der Waals surface area contributed by atoms with Gasteiger partial charge in [-0.1, -0.05) is 24.3 Å². The Morgan fingerprint density at radius 1 is 1.23 bits per heavy atom. The molecule has 2 heterocycles. The highest BCUT2D eigenvalue weighted by molar-refractivity contribution is 14.0. The van der Waals surface area contributed by atoms with Gasteiger partial charge in [-0.15, -0.1) is 24.0 Å². The molecule has 7 nitrogen and oxygen atoms in total. The second kappa shape index (κ2) is 9.53. The second-order valence-electron chi connectivity index (χ2n) is 8.50. The minimum absolute atomic E-state index is 0. The van der Waals surface area contributed by atoms with Crippen LogP contribution < -0.4 is 16.0 Å². The molecule has 1 aliphatic carbocycles. The number of benzene rings is 1. The zero-order valence-corrected chi connectivity index (χ0v) is 20.1. The highest BCUT2D eigenvalue weighted by Gasteiger charge is 2.48. The quantitative estimate of drug-likeness (QED) is 0.244. The third-order valence-electron chi connectivity index (χ3n) is 6.74. The molecule has 4 rings (SSSR count). The third-order valence-corrected chi connectivity index (χ3v) is 6.74. The number of hydrogen-bond donors (Lipinski definition) is 3. The summed E-state index contributed by atoms with van der Waals surface area (Å²) < 4.78 is 0. The molecule has 3 N–H and O–H groups in total. The average molecular weight is 525 g/mol. The number of aliphatic imine (C=N–C) groups is 1. The van der Waals surface area contributed by atoms with Crippen molar-refractivity contribution in [3.05, 3.63) is 35.4 Å². The van der Waals surface area contributed by atoms with E-state index in [1.165, 1.54) is 11.1 Å². The van der Waals surface area contributed by atoms with Gasteiger partial charge in [-0.2, -0.15) is 0 Å². The summed E-state index contributed by atoms with van der Waals surface area (Å²) in [5, 5.41) is 8.64. The van der Waals surface area contributed by atoms with Crippen molar-refractivity contribution in [2.24, 2.45) is 10.9 Å². The number of likely N-dealkylation sites (tertiary alicyclic amines) is 1. The molecule has 0 spiro atoms. The fourth-order valence-corrected chi connectivity index (χ4v) is 4.97. The maximum Gasteiger partial charge on any atom is 0.322 e. The molecule has 2 fully saturated rings. The molecule has 2 unspecified atom stereocenters. The lowest BCUT2D eigenvalue weighted by Gasteiger charge is -2.39. The first-order valence-electron chi connectivity index (χ1n) is 10.8. The normalized spacial score (nSPS) is 26.7. The molecule has 8 heteroatoms. The second-order valence-corrected chi connectivity index (χ2v) is 8.50. The largest absolute Gasteiger partial charge is 0.357 e. The van der Waals surface area contributed by atoms with Gasteiger partial charge in [-0.3, -0.25) is 15.1 Å². The summed E-state index contributed by atoms with van der Waals surface area (Å²) in [5.74, 6) is 1.38. The summed E-state index contributed by atoms with van der Waals surface area (Å²) in [7, 11) is 0. The van der Waals surface area contributed by atoms with E-state index in [0.717, 1.165) is 57.8 Å². The molecule has 2 saturated heterocycles. The molecule has 0 bridgehead atoms. The first-order chi connectivity index (χ1) is 14.0. The Bertz CT molecular complexity index is 822. The summed E-state index contributed by atoms with van der Waals surface area (Å²) in [4.78, 5) is 31.1. The number of amides is 3. The minimum Gasteiger partial charge on any atom is -0.357 e. The maximum atomic E-state index is 12.2. The number of carbonyl (C=O) groups excluding carboxylic acids is 2. The maximum absolute atomic E-state index is 12.2. The third kappa shape index (κ3) is 4.43. The Kier molecular flexibility index (Phi) is 7.26. The van der Waals surface area contributed by atoms with Gasteiger partial charge < -0.3 is 15.5 Å². The van der Waals surface area contributed by atoms with Crippen molar-refractivity contribution in [3.63, 3.8) is 0 Å². The predicted molar refractivity (Wildman–Crippen MR) is 128 cm³/mol. The number of fused-ring (bicyclic) bond motifs is 1. The summed E-state index contributed by atoms with van der Waals surface area (Å²) in [6, 6.07) is 8.32. The number of aryl methyl sites for hydroxylation is 1. The van der Waals surface area contributed by atoms with Gasteiger partial charge in [0.05, 0.1) is 0 Å². The number of halogens is 1. The van der Waals surface area contributed by atoms with Gasteiger partial charge in [0.2, 0.25) is 0 Å². The smallest absolute Gasteiger partial charge is 0.322 e. The van der Waals surface area contributed by atoms with E-state index in [0.29, 0.717) is 5.92 Å². The van der Waals surface area contributed by atoms with Crippen molar-refractivity contribution in [1.82, 2.24) is 20.9 Å². The van der Waals surface area contributed by atoms with Crippen LogP contribution in [0.4, 0.5) is 4.79 Å². The van der Waals surface area contributed by atoms with Gasteiger partial charge in [-0.05, 0) is 56.6 Å². The monoisotopic (exact) mass is 525 g/mol. The SMILES string of the molecule is CCNC(=NCC1CCc2ccccc21)N1CCC(C2(C)NC(=O)NC2=O)CC1.I. The standard InChI is InChI=1S/C22H31N5O2.HI/c1-3-23-20(24-14-16-9-8-15-6-4-5-7-18(15)16)27-12-10-17(11-13-27)22(2)19(28)25-21(29)26-22;/h4-7,16-17H,3,8-14H2,1-2H3,(H,23,24)(H2,25,26,28,29);1H. The number of guanidine groups is 1. The van der Waals surface area contributed by atoms with Crippen LogP contribution >= 0.6 is 24.0 Å². The highest BCUT2D eigenvalue weighted by atomic mass is 127. The van der Waals surface area contributed by atoms with E-state index in [-0.39, 0.29) is 41.8 Å². The van der Waals surface area contributed by atoms with E-state index in [1.807, 2.05) is 6.92 Å². The number of rotatable bonds is 4. The minimum atomic E-state index is -0.799. The number of urea groups is 1. The van der Waals surface area contributed by atoms with Crippen molar-refractivity contribution in [2.45, 2.75) is 51.0 Å². The Morgan fingerprint density at radius 3 is 2.63 bits per heavy atom. The molecular weight excluding hydrogens is 493 g/mol. The number of nitrogens with zero attached hydrogens (tertiary/aromatic N) is 2. The zero-order chi connectivity index (χ0) is 20.4. The van der Waals surface area contributed by atoms with E-state index < -0.39 is 5.54 Å². The van der Waals surface area contributed by atoms with Crippen LogP contribution in [-0.2, 0) is 11.2 Å². The lowest BCUT2D eigenvalue weighted by atomic mass is 9.79. The van der Waals surface area contributed by atoms with Gasteiger partial charge in [0.25, 0.3) is 5.91 Å². The van der Waals surface area contributed by atoms with E-state index in [2.05, 4.69) is 52.0 Å². The average Bonchev–Trinajstić information content (AvgIpc) is 3.25. The van der Waals surface area contributed by atoms with Crippen LogP contribution in [-0.4, -0.2) is 54.5 Å². The molecule has 30 heavy (non-hydrogen) atoms. The summed E-state index contributed by atoms with van der Waals surface area (Å²) in [6.45, 7) is 7.22. The Balaban J connectivity index is 0.00000256. The van der Waals surface area contributed by atoms with Crippen LogP contribution in [0.5, 0.6) is 0 Å². The van der Waals surface area contributed by atoms with Crippen LogP contribution in [0, 0.1) is 5.92 Å². The molecule has 0 radical (unpaired) electrons. The highest BCUT2D eigenvalue weighted by Crippen LogP contribution is 2.33. The number of imide groups is 1. The molecule has 2 aliphatic heterocycles. The van der Waals surface area contributed by atoms with Crippen molar-refractivity contribution in [1.29, 1.82) is 0 Å². The number of carbonyl (C=O) groups is 2. The van der Waals surface area contributed by atoms with Gasteiger partial charge in [0.1, 0.15) is 5.54 Å². The zero-order valence-electron chi connectivity index (χ0n) is 17.7. The topological polar surface area (TPSA) is 85.8 Å². The van der Waals surface area contributed by atoms with E-state index in [1.54, 1.807) is 0 Å². The molecule has 3 aliphatic rings. The molecule has 2 atom stereocenters. The summed E-state index contributed by atoms with van der Waals surface area (Å²) in [6.07, 6.45) is 4.00. The van der Waals surface area contributed by atoms with Crippen LogP contribution in [0.25, 0.3) is 0 Å². The van der Waals surface area contributed by atoms with Crippen LogP contribution in [0.2, 0.25) is 0 Å². The molecule has 0 aromatic heterocycles. The summed E-state index contributed by atoms with van der Waals surface area (Å²) in [5.41, 5.74) is 2.11. The van der Waals surface area contributed by atoms with Crippen LogP contribution in [0.15, 0.2) is 29.3 Å². The van der Waals surface area contributed by atoms with Gasteiger partial charge in [0.15, 0.2) is 5.96 Å². The van der Waals surface area contributed by atoms with Gasteiger partial charge >= 0.3 is 6.03 Å². The Labute approximate surface area is 195 Å². The van der Waals surface area contributed by atoms with Crippen molar-refractivity contribution in [2.75, 3.05) is 26.2 Å². The van der Waals surface area contributed by atoms with Crippen LogP contribution in [0.3, 0.4) is 0 Å². The predicted octanol–water partition coefficient (Wildman–Crippen LogP) is 2.61. The molecule has 1 aromatic carbocycles. The van der Waals surface area contributed by atoms with Crippen LogP contribution in [0.1, 0.15) is 50.2 Å². The fourth-order valence-electron chi connectivity index (χ4n) is 4.97. The van der Waals surface area contributed by atoms with Crippen molar-refractivity contribution in [3.8, 4) is 0 Å². The first kappa shape index (κ1) is 22.8.